The van der Waals surface area contributed by atoms with Gasteiger partial charge in [0, 0.05) is 31.8 Å². The van der Waals surface area contributed by atoms with Crippen LogP contribution in [0.1, 0.15) is 21.5 Å². The summed E-state index contributed by atoms with van der Waals surface area (Å²) in [4.78, 5) is 15.7. The number of fused-ring (bicyclic) bond motifs is 1. The second-order valence-corrected chi connectivity index (χ2v) is 5.87. The van der Waals surface area contributed by atoms with Crippen LogP contribution in [0.5, 0.6) is 0 Å². The van der Waals surface area contributed by atoms with Crippen LogP contribution < -0.4 is 0 Å². The molecule has 20 heavy (non-hydrogen) atoms. The Hall–Kier alpha value is -1.69. The molecule has 2 nitrogen and oxygen atoms in total. The third kappa shape index (κ3) is 2.24. The quantitative estimate of drug-likeness (QED) is 0.518. The van der Waals surface area contributed by atoms with Gasteiger partial charge in [0.25, 0.3) is 0 Å². The van der Waals surface area contributed by atoms with E-state index in [2.05, 4.69) is 4.98 Å². The Balaban J connectivity index is 2.13. The Labute approximate surface area is 129 Å². The fourth-order valence-corrected chi connectivity index (χ4v) is 2.97. The van der Waals surface area contributed by atoms with Gasteiger partial charge in [-0.15, -0.1) is 0 Å². The van der Waals surface area contributed by atoms with Crippen LogP contribution in [0.2, 0.25) is 0 Å². The molecule has 0 amide bonds. The van der Waals surface area contributed by atoms with E-state index in [9.17, 15) is 9.18 Å². The van der Waals surface area contributed by atoms with E-state index in [0.717, 1.165) is 16.5 Å². The highest BCUT2D eigenvalue weighted by Crippen LogP contribution is 2.24. The molecule has 0 saturated heterocycles. The minimum atomic E-state index is -0.333. The number of nitrogens with one attached hydrogen (secondary N) is 1. The van der Waals surface area contributed by atoms with E-state index in [0.29, 0.717) is 14.7 Å². The summed E-state index contributed by atoms with van der Waals surface area (Å²) in [6, 6.07) is 10.1. The van der Waals surface area contributed by atoms with Gasteiger partial charge in [-0.3, -0.25) is 4.79 Å². The highest BCUT2D eigenvalue weighted by atomic mass is 127. The summed E-state index contributed by atoms with van der Waals surface area (Å²) >= 11 is 1.98. The van der Waals surface area contributed by atoms with Crippen molar-refractivity contribution in [2.75, 3.05) is 0 Å². The first-order valence-corrected chi connectivity index (χ1v) is 7.21. The van der Waals surface area contributed by atoms with Crippen molar-refractivity contribution in [3.63, 3.8) is 0 Å². The molecule has 0 saturated carbocycles. The van der Waals surface area contributed by atoms with Crippen molar-refractivity contribution < 1.29 is 9.18 Å². The molecule has 1 aromatic heterocycles. The van der Waals surface area contributed by atoms with Crippen LogP contribution in [-0.2, 0) is 0 Å². The molecular formula is C16H11FINO. The average Bonchev–Trinajstić information content (AvgIpc) is 2.80. The molecule has 3 aromatic rings. The molecule has 3 rings (SSSR count). The van der Waals surface area contributed by atoms with Gasteiger partial charge in [0.1, 0.15) is 5.82 Å². The standard InChI is InChI=1S/C16H11FINO/c1-9-2-4-11-13(8-19-15(11)6-9)16(20)12-5-3-10(17)7-14(12)18/h2-8,19H,1H3. The van der Waals surface area contributed by atoms with E-state index in [-0.39, 0.29) is 11.6 Å². The molecule has 0 aliphatic carbocycles. The van der Waals surface area contributed by atoms with Crippen LogP contribution in [0.15, 0.2) is 42.6 Å². The van der Waals surface area contributed by atoms with Gasteiger partial charge in [0.05, 0.1) is 0 Å². The SMILES string of the molecule is Cc1ccc2c(C(=O)c3ccc(F)cc3I)c[nH]c2c1. The van der Waals surface area contributed by atoms with E-state index >= 15 is 0 Å². The number of H-pyrrole nitrogens is 1. The smallest absolute Gasteiger partial charge is 0.196 e. The normalized spacial score (nSPS) is 10.9. The zero-order chi connectivity index (χ0) is 14.3. The molecule has 0 aliphatic heterocycles. The summed E-state index contributed by atoms with van der Waals surface area (Å²) in [6.07, 6.45) is 1.71. The summed E-state index contributed by atoms with van der Waals surface area (Å²) in [6.45, 7) is 2.00. The van der Waals surface area contributed by atoms with Crippen LogP contribution in [-0.4, -0.2) is 10.8 Å². The number of aryl methyl sites for hydroxylation is 1. The number of ketones is 1. The Bertz CT molecular complexity index is 822. The van der Waals surface area contributed by atoms with Crippen LogP contribution >= 0.6 is 22.6 Å². The molecule has 100 valence electrons. The number of aromatic nitrogens is 1. The van der Waals surface area contributed by atoms with Gasteiger partial charge in [-0.25, -0.2) is 4.39 Å². The topological polar surface area (TPSA) is 32.9 Å². The zero-order valence-electron chi connectivity index (χ0n) is 10.7. The number of aromatic amines is 1. The monoisotopic (exact) mass is 379 g/mol. The van der Waals surface area contributed by atoms with E-state index in [4.69, 9.17) is 0 Å². The Morgan fingerprint density at radius 2 is 1.95 bits per heavy atom. The Morgan fingerprint density at radius 1 is 1.15 bits per heavy atom. The number of hydrogen-bond acceptors (Lipinski definition) is 1. The van der Waals surface area contributed by atoms with Crippen molar-refractivity contribution in [2.45, 2.75) is 6.92 Å². The van der Waals surface area contributed by atoms with Crippen LogP contribution in [0.25, 0.3) is 10.9 Å². The Kier molecular flexibility index (Phi) is 3.33. The van der Waals surface area contributed by atoms with Crippen molar-refractivity contribution in [3.05, 3.63) is 68.7 Å². The molecule has 2 aromatic carbocycles. The summed E-state index contributed by atoms with van der Waals surface area (Å²) in [5.41, 5.74) is 3.21. The molecule has 0 fully saturated rings. The van der Waals surface area contributed by atoms with Crippen molar-refractivity contribution in [2.24, 2.45) is 0 Å². The molecular weight excluding hydrogens is 368 g/mol. The summed E-state index contributed by atoms with van der Waals surface area (Å²) < 4.78 is 13.7. The number of carbonyl (C=O) groups excluding carboxylic acids is 1. The van der Waals surface area contributed by atoms with E-state index in [1.54, 1.807) is 6.20 Å². The van der Waals surface area contributed by atoms with Crippen molar-refractivity contribution in [3.8, 4) is 0 Å². The van der Waals surface area contributed by atoms with Crippen LogP contribution in [0.3, 0.4) is 0 Å². The molecule has 0 aliphatic rings. The maximum atomic E-state index is 13.1. The van der Waals surface area contributed by atoms with Crippen molar-refractivity contribution in [1.29, 1.82) is 0 Å². The maximum absolute atomic E-state index is 13.1. The van der Waals surface area contributed by atoms with Gasteiger partial charge in [0.15, 0.2) is 5.78 Å². The fraction of sp³-hybridized carbons (Fsp3) is 0.0625. The molecule has 1 heterocycles. The molecule has 0 spiro atoms. The minimum absolute atomic E-state index is 0.0931. The van der Waals surface area contributed by atoms with Gasteiger partial charge in [0.2, 0.25) is 0 Å². The first kappa shape index (κ1) is 13.3. The average molecular weight is 379 g/mol. The molecule has 0 bridgehead atoms. The van der Waals surface area contributed by atoms with Crippen LogP contribution in [0.4, 0.5) is 4.39 Å². The van der Waals surface area contributed by atoms with Gasteiger partial charge in [-0.05, 0) is 59.3 Å². The van der Waals surface area contributed by atoms with Gasteiger partial charge in [-0.1, -0.05) is 12.1 Å². The second kappa shape index (κ2) is 5.01. The largest absolute Gasteiger partial charge is 0.360 e. The lowest BCUT2D eigenvalue weighted by atomic mass is 10.0. The lowest BCUT2D eigenvalue weighted by molar-refractivity contribution is 0.103. The van der Waals surface area contributed by atoms with E-state index in [1.807, 2.05) is 47.7 Å². The summed E-state index contributed by atoms with van der Waals surface area (Å²) in [7, 11) is 0. The number of rotatable bonds is 2. The highest BCUT2D eigenvalue weighted by Gasteiger charge is 2.16. The first-order chi connectivity index (χ1) is 9.56. The molecule has 0 unspecified atom stereocenters. The predicted octanol–water partition coefficient (Wildman–Crippen LogP) is 4.45. The lowest BCUT2D eigenvalue weighted by Crippen LogP contribution is -2.03. The number of benzene rings is 2. The predicted molar refractivity (Wildman–Crippen MR) is 85.6 cm³/mol. The van der Waals surface area contributed by atoms with Crippen molar-refractivity contribution in [1.82, 2.24) is 4.98 Å². The summed E-state index contributed by atoms with van der Waals surface area (Å²) in [5, 5.41) is 0.890. The van der Waals surface area contributed by atoms with Gasteiger partial charge < -0.3 is 4.98 Å². The number of halogens is 2. The molecule has 0 atom stereocenters. The van der Waals surface area contributed by atoms with Gasteiger partial charge in [-0.2, -0.15) is 0 Å². The van der Waals surface area contributed by atoms with Crippen LogP contribution in [0, 0.1) is 16.3 Å². The van der Waals surface area contributed by atoms with E-state index in [1.165, 1.54) is 18.2 Å². The lowest BCUT2D eigenvalue weighted by Gasteiger charge is -2.03. The first-order valence-electron chi connectivity index (χ1n) is 6.14. The van der Waals surface area contributed by atoms with Crippen molar-refractivity contribution >= 4 is 39.3 Å². The minimum Gasteiger partial charge on any atom is -0.360 e. The zero-order valence-corrected chi connectivity index (χ0v) is 12.9. The summed E-state index contributed by atoms with van der Waals surface area (Å²) in [5.74, 6) is -0.426. The Morgan fingerprint density at radius 3 is 2.70 bits per heavy atom. The maximum Gasteiger partial charge on any atom is 0.196 e. The second-order valence-electron chi connectivity index (χ2n) is 4.70. The fourth-order valence-electron chi connectivity index (χ4n) is 2.25. The molecule has 4 heteroatoms. The van der Waals surface area contributed by atoms with E-state index < -0.39 is 0 Å². The number of hydrogen-bond donors (Lipinski definition) is 1. The highest BCUT2D eigenvalue weighted by molar-refractivity contribution is 14.1. The van der Waals surface area contributed by atoms with Gasteiger partial charge >= 0.3 is 0 Å². The molecule has 0 radical (unpaired) electrons. The third-order valence-electron chi connectivity index (χ3n) is 3.26. The third-order valence-corrected chi connectivity index (χ3v) is 4.15. The molecule has 1 N–H and O–H groups in total. The number of carbonyl (C=O) groups is 1.